The van der Waals surface area contributed by atoms with Gasteiger partial charge in [-0.2, -0.15) is 0 Å². The molecular weight excluding hydrogens is 522 g/mol. The summed E-state index contributed by atoms with van der Waals surface area (Å²) in [6, 6.07) is 12.8. The molecule has 3 aliphatic heterocycles. The van der Waals surface area contributed by atoms with Crippen LogP contribution in [0.3, 0.4) is 0 Å². The second kappa shape index (κ2) is 7.95. The number of hydrogen-bond donors (Lipinski definition) is 2. The van der Waals surface area contributed by atoms with E-state index in [9.17, 15) is 4.79 Å². The molecule has 3 aromatic carbocycles. The monoisotopic (exact) mass is 548 g/mol. The summed E-state index contributed by atoms with van der Waals surface area (Å²) in [6.45, 7) is 0.913. The van der Waals surface area contributed by atoms with Gasteiger partial charge in [-0.25, -0.2) is 8.78 Å². The van der Waals surface area contributed by atoms with Crippen molar-refractivity contribution in [3.8, 4) is 22.6 Å². The first-order chi connectivity index (χ1) is 18.8. The lowest BCUT2D eigenvalue weighted by molar-refractivity contribution is 0.0521. The van der Waals surface area contributed by atoms with Crippen molar-refractivity contribution in [2.24, 2.45) is 5.41 Å². The highest BCUT2D eigenvalue weighted by atomic mass is 35.5. The molecule has 8 rings (SSSR count). The molecule has 1 spiro atoms. The van der Waals surface area contributed by atoms with Crippen molar-refractivity contribution < 1.29 is 23.0 Å². The van der Waals surface area contributed by atoms with Gasteiger partial charge in [-0.05, 0) is 42.7 Å². The molecule has 5 aliphatic rings. The van der Waals surface area contributed by atoms with E-state index >= 15 is 8.78 Å². The first kappa shape index (κ1) is 23.7. The molecule has 0 radical (unpaired) electrons. The van der Waals surface area contributed by atoms with Crippen molar-refractivity contribution in [1.29, 1.82) is 0 Å². The van der Waals surface area contributed by atoms with Crippen LogP contribution in [-0.2, 0) is 12.0 Å². The number of amides is 1. The number of carbonyl (C=O) groups is 1. The fourth-order valence-corrected chi connectivity index (χ4v) is 7.42. The average molecular weight is 549 g/mol. The predicted molar refractivity (Wildman–Crippen MR) is 142 cm³/mol. The molecule has 2 aliphatic carbocycles. The van der Waals surface area contributed by atoms with Gasteiger partial charge in [0.1, 0.15) is 29.2 Å². The van der Waals surface area contributed by atoms with E-state index in [0.29, 0.717) is 29.0 Å². The highest BCUT2D eigenvalue weighted by molar-refractivity contribution is 6.34. The fraction of sp³-hybridized carbons (Fsp3) is 0.387. The quantitative estimate of drug-likeness (QED) is 0.428. The number of fused-ring (bicyclic) bond motifs is 4. The Morgan fingerprint density at radius 2 is 1.92 bits per heavy atom. The number of carbonyl (C=O) groups excluding carboxylic acids is 1. The van der Waals surface area contributed by atoms with E-state index in [-0.39, 0.29) is 45.2 Å². The van der Waals surface area contributed by atoms with Gasteiger partial charge in [-0.15, -0.1) is 0 Å². The van der Waals surface area contributed by atoms with Gasteiger partial charge in [-0.1, -0.05) is 41.9 Å². The maximum atomic E-state index is 16.5. The number of benzene rings is 3. The second-order valence-electron chi connectivity index (χ2n) is 11.8. The van der Waals surface area contributed by atoms with Crippen molar-refractivity contribution in [3.63, 3.8) is 0 Å². The van der Waals surface area contributed by atoms with Crippen LogP contribution in [0.5, 0.6) is 11.5 Å². The third-order valence-corrected chi connectivity index (χ3v) is 9.90. The Bertz CT molecular complexity index is 1570. The van der Waals surface area contributed by atoms with Crippen LogP contribution in [0.1, 0.15) is 58.6 Å². The number of rotatable bonds is 4. The van der Waals surface area contributed by atoms with E-state index in [1.54, 1.807) is 6.07 Å². The molecule has 3 fully saturated rings. The molecule has 1 amide bonds. The van der Waals surface area contributed by atoms with Crippen LogP contribution < -0.4 is 20.1 Å². The largest absolute Gasteiger partial charge is 0.489 e. The van der Waals surface area contributed by atoms with E-state index < -0.39 is 23.1 Å². The van der Waals surface area contributed by atoms with E-state index in [1.807, 2.05) is 30.3 Å². The van der Waals surface area contributed by atoms with Crippen molar-refractivity contribution in [1.82, 2.24) is 10.6 Å². The van der Waals surface area contributed by atoms with Crippen LogP contribution in [0.15, 0.2) is 42.5 Å². The average Bonchev–Trinajstić information content (AvgIpc) is 3.73. The molecule has 2 unspecified atom stereocenters. The molecule has 2 saturated carbocycles. The third-order valence-electron chi connectivity index (χ3n) is 9.53. The zero-order chi connectivity index (χ0) is 26.7. The van der Waals surface area contributed by atoms with Crippen LogP contribution in [0.4, 0.5) is 8.78 Å². The maximum Gasteiger partial charge on any atom is 0.251 e. The van der Waals surface area contributed by atoms with Crippen molar-refractivity contribution in [3.05, 3.63) is 81.4 Å². The summed E-state index contributed by atoms with van der Waals surface area (Å²) in [5.74, 6) is -1.13. The zero-order valence-corrected chi connectivity index (χ0v) is 22.1. The van der Waals surface area contributed by atoms with Crippen LogP contribution in [0.25, 0.3) is 11.1 Å². The lowest BCUT2D eigenvalue weighted by Crippen LogP contribution is -2.48. The van der Waals surface area contributed by atoms with E-state index in [0.717, 1.165) is 24.9 Å². The molecule has 0 aromatic heterocycles. The minimum Gasteiger partial charge on any atom is -0.489 e. The number of halogens is 3. The normalized spacial score (nSPS) is 28.4. The minimum atomic E-state index is -0.827. The number of hydrogen-bond acceptors (Lipinski definition) is 4. The molecule has 2 N–H and O–H groups in total. The first-order valence-corrected chi connectivity index (χ1v) is 14.0. The molecule has 8 heteroatoms. The van der Waals surface area contributed by atoms with Crippen LogP contribution in [0.2, 0.25) is 5.02 Å². The highest BCUT2D eigenvalue weighted by Gasteiger charge is 2.58. The molecule has 200 valence electrons. The highest BCUT2D eigenvalue weighted by Crippen LogP contribution is 2.60. The summed E-state index contributed by atoms with van der Waals surface area (Å²) in [6.07, 6.45) is 4.32. The predicted octanol–water partition coefficient (Wildman–Crippen LogP) is 5.87. The van der Waals surface area contributed by atoms with Crippen LogP contribution in [0, 0.1) is 17.0 Å². The summed E-state index contributed by atoms with van der Waals surface area (Å²) in [5.41, 5.74) is 1.74. The Morgan fingerprint density at radius 1 is 1.13 bits per heavy atom. The van der Waals surface area contributed by atoms with Gasteiger partial charge in [0, 0.05) is 54.3 Å². The minimum absolute atomic E-state index is 0.00973. The van der Waals surface area contributed by atoms with E-state index in [2.05, 4.69) is 10.6 Å². The van der Waals surface area contributed by atoms with Gasteiger partial charge >= 0.3 is 0 Å². The third kappa shape index (κ3) is 3.29. The zero-order valence-electron chi connectivity index (χ0n) is 21.4. The lowest BCUT2D eigenvalue weighted by atomic mass is 9.79. The number of ether oxygens (including phenoxy) is 2. The molecular formula is C31H27ClF2N2O3. The maximum absolute atomic E-state index is 16.5. The molecule has 5 nitrogen and oxygen atoms in total. The van der Waals surface area contributed by atoms with Crippen LogP contribution in [-0.4, -0.2) is 31.6 Å². The summed E-state index contributed by atoms with van der Waals surface area (Å²) in [4.78, 5) is 13.1. The Labute approximate surface area is 229 Å². The second-order valence-corrected chi connectivity index (χ2v) is 12.2. The SMILES string of the molecule is CNC(=O)c1cc2c(c(F)c1-c1c(Cl)c(F)cc3c1C[C@](c1ccccc1)([C@@H]1CC4(CC4)CN1)O3)C1CC1O2. The molecule has 39 heavy (non-hydrogen) atoms. The molecule has 0 bridgehead atoms. The molecule has 3 heterocycles. The smallest absolute Gasteiger partial charge is 0.251 e. The van der Waals surface area contributed by atoms with Gasteiger partial charge < -0.3 is 20.1 Å². The summed E-state index contributed by atoms with van der Waals surface area (Å²) >= 11 is 6.68. The summed E-state index contributed by atoms with van der Waals surface area (Å²) < 4.78 is 44.6. The number of nitrogens with one attached hydrogen (secondary N) is 2. The van der Waals surface area contributed by atoms with Gasteiger partial charge in [0.2, 0.25) is 0 Å². The Balaban J connectivity index is 1.34. The van der Waals surface area contributed by atoms with E-state index in [4.69, 9.17) is 21.1 Å². The lowest BCUT2D eigenvalue weighted by Gasteiger charge is -2.35. The van der Waals surface area contributed by atoms with Crippen LogP contribution >= 0.6 is 11.6 Å². The summed E-state index contributed by atoms with van der Waals surface area (Å²) in [5, 5.41) is 6.09. The van der Waals surface area contributed by atoms with Crippen molar-refractivity contribution >= 4 is 17.5 Å². The Morgan fingerprint density at radius 3 is 2.64 bits per heavy atom. The molecule has 3 aromatic rings. The fourth-order valence-electron chi connectivity index (χ4n) is 7.16. The Kier molecular flexibility index (Phi) is 4.83. The van der Waals surface area contributed by atoms with Crippen molar-refractivity contribution in [2.75, 3.05) is 13.6 Å². The molecule has 4 atom stereocenters. The summed E-state index contributed by atoms with van der Waals surface area (Å²) in [7, 11) is 1.48. The van der Waals surface area contributed by atoms with Gasteiger partial charge in [0.25, 0.3) is 5.91 Å². The van der Waals surface area contributed by atoms with Gasteiger partial charge in [-0.3, -0.25) is 4.79 Å². The van der Waals surface area contributed by atoms with Gasteiger partial charge in [0.15, 0.2) is 5.60 Å². The first-order valence-electron chi connectivity index (χ1n) is 13.6. The van der Waals surface area contributed by atoms with Gasteiger partial charge in [0.05, 0.1) is 16.6 Å². The van der Waals surface area contributed by atoms with Crippen molar-refractivity contribution in [2.45, 2.75) is 55.8 Å². The topological polar surface area (TPSA) is 59.6 Å². The van der Waals surface area contributed by atoms with E-state index in [1.165, 1.54) is 26.0 Å². The molecule has 1 saturated heterocycles. The standard InChI is InChI=1S/C31H27ClF2N2O3/c1-35-29(37)17-10-22-24(16-9-20(16)38-22)28(34)26(17)25-18-12-31(15-5-3-2-4-6-15,23-13-30(7-8-30)14-36-23)39-21(18)11-19(33)27(25)32/h2-6,10-11,16,20,23,36H,7-9,12-14H2,1H3,(H,35,37)/t16?,20?,23-,31-/m0/s1. The Hall–Kier alpha value is -3.16.